The van der Waals surface area contributed by atoms with Gasteiger partial charge in [0.2, 0.25) is 0 Å². The van der Waals surface area contributed by atoms with E-state index in [4.69, 9.17) is 5.73 Å². The highest BCUT2D eigenvalue weighted by Crippen LogP contribution is 2.26. The highest BCUT2D eigenvalue weighted by atomic mass is 79.9. The van der Waals surface area contributed by atoms with Crippen LogP contribution in [-0.2, 0) is 13.0 Å². The molecule has 2 aromatic rings. The van der Waals surface area contributed by atoms with Crippen molar-refractivity contribution in [2.24, 2.45) is 5.73 Å². The van der Waals surface area contributed by atoms with Gasteiger partial charge in [0.25, 0.3) is 0 Å². The van der Waals surface area contributed by atoms with Gasteiger partial charge in [-0.15, -0.1) is 0 Å². The van der Waals surface area contributed by atoms with Crippen LogP contribution in [0.25, 0.3) is 0 Å². The molecule has 2 rings (SSSR count). The monoisotopic (exact) mass is 350 g/mol. The molecule has 4 heteroatoms. The molecule has 1 unspecified atom stereocenters. The van der Waals surface area contributed by atoms with Gasteiger partial charge in [0.15, 0.2) is 0 Å². The minimum absolute atomic E-state index is 0.104. The summed E-state index contributed by atoms with van der Waals surface area (Å²) in [5, 5.41) is 0. The molecule has 1 atom stereocenters. The van der Waals surface area contributed by atoms with Gasteiger partial charge in [0, 0.05) is 29.8 Å². The molecule has 0 heterocycles. The van der Waals surface area contributed by atoms with E-state index in [1.165, 1.54) is 11.6 Å². The van der Waals surface area contributed by atoms with Gasteiger partial charge in [-0.1, -0.05) is 34.1 Å². The Morgan fingerprint density at radius 3 is 2.67 bits per heavy atom. The Morgan fingerprint density at radius 2 is 2.00 bits per heavy atom. The zero-order chi connectivity index (χ0) is 15.4. The Kier molecular flexibility index (Phi) is 5.37. The van der Waals surface area contributed by atoms with Crippen molar-refractivity contribution in [2.45, 2.75) is 25.9 Å². The fraction of sp³-hybridized carbons (Fsp3) is 0.294. The van der Waals surface area contributed by atoms with Crippen LogP contribution in [0.1, 0.15) is 18.1 Å². The molecule has 0 aliphatic heterocycles. The molecule has 0 aromatic heterocycles. The van der Waals surface area contributed by atoms with Crippen molar-refractivity contribution >= 4 is 21.6 Å². The van der Waals surface area contributed by atoms with Crippen LogP contribution in [-0.4, -0.2) is 13.1 Å². The summed E-state index contributed by atoms with van der Waals surface area (Å²) in [6.07, 6.45) is 0.816. The predicted molar refractivity (Wildman–Crippen MR) is 90.0 cm³/mol. The average molecular weight is 351 g/mol. The topological polar surface area (TPSA) is 29.3 Å². The van der Waals surface area contributed by atoms with Gasteiger partial charge in [-0.3, -0.25) is 0 Å². The molecule has 0 saturated carbocycles. The molecule has 0 saturated heterocycles. The van der Waals surface area contributed by atoms with Crippen LogP contribution < -0.4 is 10.6 Å². The summed E-state index contributed by atoms with van der Waals surface area (Å²) < 4.78 is 14.3. The summed E-state index contributed by atoms with van der Waals surface area (Å²) in [6.45, 7) is 2.65. The third kappa shape index (κ3) is 4.55. The van der Waals surface area contributed by atoms with Crippen molar-refractivity contribution < 1.29 is 4.39 Å². The molecular formula is C17H20BrFN2. The van der Waals surface area contributed by atoms with Crippen LogP contribution in [0.15, 0.2) is 46.9 Å². The molecule has 0 amide bonds. The maximum atomic E-state index is 13.3. The number of anilines is 1. The van der Waals surface area contributed by atoms with Gasteiger partial charge >= 0.3 is 0 Å². The Hall–Kier alpha value is -1.39. The Balaban J connectivity index is 2.25. The maximum Gasteiger partial charge on any atom is 0.123 e. The van der Waals surface area contributed by atoms with Gasteiger partial charge in [-0.25, -0.2) is 4.39 Å². The van der Waals surface area contributed by atoms with Gasteiger partial charge in [0.05, 0.1) is 0 Å². The smallest absolute Gasteiger partial charge is 0.123 e. The summed E-state index contributed by atoms with van der Waals surface area (Å²) in [7, 11) is 2.01. The molecule has 0 bridgehead atoms. The van der Waals surface area contributed by atoms with E-state index in [0.717, 1.165) is 22.1 Å². The van der Waals surface area contributed by atoms with E-state index in [-0.39, 0.29) is 11.9 Å². The van der Waals surface area contributed by atoms with E-state index < -0.39 is 0 Å². The molecule has 2 aromatic carbocycles. The lowest BCUT2D eigenvalue weighted by atomic mass is 10.0. The summed E-state index contributed by atoms with van der Waals surface area (Å²) in [4.78, 5) is 2.12. The lowest BCUT2D eigenvalue weighted by Gasteiger charge is -2.24. The number of halogens is 2. The van der Waals surface area contributed by atoms with E-state index >= 15 is 0 Å². The van der Waals surface area contributed by atoms with Crippen molar-refractivity contribution in [3.63, 3.8) is 0 Å². The first-order valence-corrected chi connectivity index (χ1v) is 7.74. The molecule has 0 aliphatic carbocycles. The van der Waals surface area contributed by atoms with E-state index in [2.05, 4.69) is 33.0 Å². The first kappa shape index (κ1) is 16.0. The fourth-order valence-electron chi connectivity index (χ4n) is 2.41. The zero-order valence-corrected chi connectivity index (χ0v) is 13.9. The summed E-state index contributed by atoms with van der Waals surface area (Å²) in [5.41, 5.74) is 9.19. The summed E-state index contributed by atoms with van der Waals surface area (Å²) in [6, 6.07) is 13.0. The van der Waals surface area contributed by atoms with E-state index in [1.807, 2.05) is 26.1 Å². The minimum Gasteiger partial charge on any atom is -0.370 e. The number of nitrogens with zero attached hydrogens (tertiary/aromatic N) is 1. The number of benzene rings is 2. The first-order chi connectivity index (χ1) is 9.95. The van der Waals surface area contributed by atoms with Crippen molar-refractivity contribution in [1.82, 2.24) is 0 Å². The number of hydrogen-bond acceptors (Lipinski definition) is 2. The molecule has 2 N–H and O–H groups in total. The van der Waals surface area contributed by atoms with Crippen LogP contribution >= 0.6 is 15.9 Å². The van der Waals surface area contributed by atoms with Gasteiger partial charge in [-0.2, -0.15) is 0 Å². The Bertz CT molecular complexity index is 613. The standard InChI is InChI=1S/C17H20BrFN2/c1-12(20)8-14-6-7-15(18)10-17(14)21(2)11-13-4-3-5-16(19)9-13/h3-7,9-10,12H,8,11,20H2,1-2H3. The predicted octanol–water partition coefficient (Wildman–Crippen LogP) is 4.11. The minimum atomic E-state index is -0.203. The van der Waals surface area contributed by atoms with Gasteiger partial charge in [-0.05, 0) is 48.7 Å². The van der Waals surface area contributed by atoms with Crippen molar-refractivity contribution in [3.05, 3.63) is 63.9 Å². The second-order valence-electron chi connectivity index (χ2n) is 5.44. The molecule has 0 aliphatic rings. The molecule has 0 spiro atoms. The number of rotatable bonds is 5. The van der Waals surface area contributed by atoms with Crippen molar-refractivity contribution in [2.75, 3.05) is 11.9 Å². The van der Waals surface area contributed by atoms with Gasteiger partial charge < -0.3 is 10.6 Å². The van der Waals surface area contributed by atoms with Crippen molar-refractivity contribution in [1.29, 1.82) is 0 Å². The quantitative estimate of drug-likeness (QED) is 0.878. The number of nitrogens with two attached hydrogens (primary N) is 1. The highest BCUT2D eigenvalue weighted by molar-refractivity contribution is 9.10. The van der Waals surface area contributed by atoms with Crippen molar-refractivity contribution in [3.8, 4) is 0 Å². The largest absolute Gasteiger partial charge is 0.370 e. The summed E-state index contributed by atoms with van der Waals surface area (Å²) in [5.74, 6) is -0.203. The van der Waals surface area contributed by atoms with Gasteiger partial charge in [0.1, 0.15) is 5.82 Å². The van der Waals surface area contributed by atoms with Crippen LogP contribution in [0.4, 0.5) is 10.1 Å². The Morgan fingerprint density at radius 1 is 1.24 bits per heavy atom. The molecule has 2 nitrogen and oxygen atoms in total. The molecule has 0 fully saturated rings. The lowest BCUT2D eigenvalue weighted by Crippen LogP contribution is -2.22. The number of hydrogen-bond donors (Lipinski definition) is 1. The summed E-state index contributed by atoms with van der Waals surface area (Å²) >= 11 is 3.51. The average Bonchev–Trinajstić information content (AvgIpc) is 2.40. The third-order valence-corrected chi connectivity index (χ3v) is 3.80. The van der Waals surface area contributed by atoms with Crippen LogP contribution in [0, 0.1) is 5.82 Å². The molecular weight excluding hydrogens is 331 g/mol. The second-order valence-corrected chi connectivity index (χ2v) is 6.36. The normalized spacial score (nSPS) is 12.2. The third-order valence-electron chi connectivity index (χ3n) is 3.31. The Labute approximate surface area is 133 Å². The fourth-order valence-corrected chi connectivity index (χ4v) is 2.76. The van der Waals surface area contributed by atoms with Crippen LogP contribution in [0.3, 0.4) is 0 Å². The lowest BCUT2D eigenvalue weighted by molar-refractivity contribution is 0.625. The van der Waals surface area contributed by atoms with Crippen LogP contribution in [0.5, 0.6) is 0 Å². The highest BCUT2D eigenvalue weighted by Gasteiger charge is 2.11. The second kappa shape index (κ2) is 7.05. The molecule has 112 valence electrons. The van der Waals surface area contributed by atoms with E-state index in [0.29, 0.717) is 6.54 Å². The SMILES string of the molecule is CC(N)Cc1ccc(Br)cc1N(C)Cc1cccc(F)c1. The maximum absolute atomic E-state index is 13.3. The first-order valence-electron chi connectivity index (χ1n) is 6.95. The zero-order valence-electron chi connectivity index (χ0n) is 12.3. The van der Waals surface area contributed by atoms with Crippen LogP contribution in [0.2, 0.25) is 0 Å². The van der Waals surface area contributed by atoms with E-state index in [9.17, 15) is 4.39 Å². The molecule has 21 heavy (non-hydrogen) atoms. The molecule has 0 radical (unpaired) electrons. The van der Waals surface area contributed by atoms with E-state index in [1.54, 1.807) is 12.1 Å².